The van der Waals surface area contributed by atoms with Gasteiger partial charge >= 0.3 is 0 Å². The number of hydrogen-bond donors (Lipinski definition) is 1. The molecular formula is C16H12BrFN2O3. The Bertz CT molecular complexity index is 855. The molecule has 0 saturated heterocycles. The van der Waals surface area contributed by atoms with Gasteiger partial charge in [0.2, 0.25) is 0 Å². The SMILES string of the molecule is COc1cc(F)c2c(c1)[C@]1(COC(N)=N1)c1cc(Br)ccc1O2. The number of aliphatic imine (C=N–C) groups is 1. The molecular weight excluding hydrogens is 367 g/mol. The quantitative estimate of drug-likeness (QED) is 0.826. The Labute approximate surface area is 140 Å². The van der Waals surface area contributed by atoms with E-state index >= 15 is 0 Å². The first-order valence-electron chi connectivity index (χ1n) is 6.87. The monoisotopic (exact) mass is 378 g/mol. The van der Waals surface area contributed by atoms with Crippen LogP contribution in [0.1, 0.15) is 11.1 Å². The van der Waals surface area contributed by atoms with E-state index in [1.165, 1.54) is 13.2 Å². The highest BCUT2D eigenvalue weighted by molar-refractivity contribution is 9.10. The number of nitrogens with zero attached hydrogens (tertiary/aromatic N) is 1. The fourth-order valence-corrected chi connectivity index (χ4v) is 3.33. The van der Waals surface area contributed by atoms with Crippen molar-refractivity contribution in [1.82, 2.24) is 0 Å². The third-order valence-corrected chi connectivity index (χ3v) is 4.52. The van der Waals surface area contributed by atoms with Crippen LogP contribution in [0, 0.1) is 5.82 Å². The lowest BCUT2D eigenvalue weighted by molar-refractivity contribution is 0.261. The van der Waals surface area contributed by atoms with Crippen molar-refractivity contribution < 1.29 is 18.6 Å². The van der Waals surface area contributed by atoms with Crippen LogP contribution in [0.3, 0.4) is 0 Å². The third kappa shape index (κ3) is 1.99. The zero-order valence-corrected chi connectivity index (χ0v) is 13.7. The molecule has 0 aromatic heterocycles. The summed E-state index contributed by atoms with van der Waals surface area (Å²) in [4.78, 5) is 4.47. The Kier molecular flexibility index (Phi) is 3.02. The van der Waals surface area contributed by atoms with Gasteiger partial charge in [0.25, 0.3) is 6.02 Å². The van der Waals surface area contributed by atoms with Crippen molar-refractivity contribution in [1.29, 1.82) is 0 Å². The second-order valence-electron chi connectivity index (χ2n) is 5.33. The molecule has 4 rings (SSSR count). The van der Waals surface area contributed by atoms with Gasteiger partial charge < -0.3 is 19.9 Å². The first-order valence-corrected chi connectivity index (χ1v) is 7.67. The van der Waals surface area contributed by atoms with Crippen molar-refractivity contribution in [3.8, 4) is 17.2 Å². The zero-order valence-electron chi connectivity index (χ0n) is 12.1. The average molecular weight is 379 g/mol. The molecule has 2 aliphatic rings. The maximum Gasteiger partial charge on any atom is 0.283 e. The fourth-order valence-electron chi connectivity index (χ4n) is 2.97. The van der Waals surface area contributed by atoms with Crippen LogP contribution in [0.5, 0.6) is 17.2 Å². The minimum atomic E-state index is -0.952. The van der Waals surface area contributed by atoms with Crippen molar-refractivity contribution in [3.63, 3.8) is 0 Å². The van der Waals surface area contributed by atoms with Gasteiger partial charge in [-0.05, 0) is 24.3 Å². The van der Waals surface area contributed by atoms with E-state index in [1.807, 2.05) is 12.1 Å². The van der Waals surface area contributed by atoms with Crippen molar-refractivity contribution in [2.75, 3.05) is 13.7 Å². The van der Waals surface area contributed by atoms with E-state index in [1.54, 1.807) is 12.1 Å². The summed E-state index contributed by atoms with van der Waals surface area (Å²) in [5.74, 6) is 0.491. The molecule has 5 nitrogen and oxygen atoms in total. The molecule has 0 bridgehead atoms. The molecule has 2 heterocycles. The van der Waals surface area contributed by atoms with Gasteiger partial charge in [0.15, 0.2) is 17.1 Å². The summed E-state index contributed by atoms with van der Waals surface area (Å²) in [5, 5.41) is 0. The molecule has 2 aromatic carbocycles. The number of fused-ring (bicyclic) bond motifs is 4. The topological polar surface area (TPSA) is 66.1 Å². The largest absolute Gasteiger partial charge is 0.497 e. The fraction of sp³-hybridized carbons (Fsp3) is 0.188. The Balaban J connectivity index is 2.05. The molecule has 7 heteroatoms. The van der Waals surface area contributed by atoms with Crippen LogP contribution in [-0.4, -0.2) is 19.7 Å². The van der Waals surface area contributed by atoms with E-state index in [2.05, 4.69) is 20.9 Å². The minimum absolute atomic E-state index is 0.0620. The van der Waals surface area contributed by atoms with E-state index < -0.39 is 11.4 Å². The number of benzene rings is 2. The van der Waals surface area contributed by atoms with Crippen LogP contribution in [-0.2, 0) is 10.3 Å². The predicted octanol–water partition coefficient (Wildman–Crippen LogP) is 3.29. The van der Waals surface area contributed by atoms with Gasteiger partial charge in [-0.3, -0.25) is 0 Å². The van der Waals surface area contributed by atoms with E-state index in [9.17, 15) is 4.39 Å². The first kappa shape index (κ1) is 14.3. The van der Waals surface area contributed by atoms with E-state index in [0.717, 1.165) is 10.0 Å². The molecule has 0 saturated carbocycles. The molecule has 2 aromatic rings. The molecule has 2 N–H and O–H groups in total. The summed E-state index contributed by atoms with van der Waals surface area (Å²) in [5.41, 5.74) is 6.08. The lowest BCUT2D eigenvalue weighted by Gasteiger charge is -2.33. The number of rotatable bonds is 1. The second kappa shape index (κ2) is 4.86. The maximum absolute atomic E-state index is 14.5. The van der Waals surface area contributed by atoms with Crippen LogP contribution >= 0.6 is 15.9 Å². The first-order chi connectivity index (χ1) is 11.0. The normalized spacial score (nSPS) is 21.1. The summed E-state index contributed by atoms with van der Waals surface area (Å²) >= 11 is 3.44. The van der Waals surface area contributed by atoms with E-state index in [-0.39, 0.29) is 18.4 Å². The Morgan fingerprint density at radius 3 is 2.83 bits per heavy atom. The predicted molar refractivity (Wildman–Crippen MR) is 85.5 cm³/mol. The van der Waals surface area contributed by atoms with Crippen LogP contribution in [0.4, 0.5) is 4.39 Å². The van der Waals surface area contributed by atoms with Gasteiger partial charge in [0.05, 0.1) is 7.11 Å². The number of nitrogens with two attached hydrogens (primary N) is 1. The Morgan fingerprint density at radius 1 is 1.30 bits per heavy atom. The van der Waals surface area contributed by atoms with Crippen LogP contribution in [0.25, 0.3) is 0 Å². The highest BCUT2D eigenvalue weighted by Gasteiger charge is 2.48. The summed E-state index contributed by atoms with van der Waals surface area (Å²) in [6.45, 7) is 0.172. The van der Waals surface area contributed by atoms with Gasteiger partial charge in [-0.25, -0.2) is 9.38 Å². The standard InChI is InChI=1S/C16H12BrFN2O3/c1-21-9-5-11-14(12(18)6-9)23-13-3-2-8(17)4-10(13)16(11)7-22-15(19)20-16/h2-6H,7H2,1H3,(H2,19,20)/t16-/m0/s1. The van der Waals surface area contributed by atoms with Crippen molar-refractivity contribution in [3.05, 3.63) is 51.7 Å². The molecule has 23 heavy (non-hydrogen) atoms. The lowest BCUT2D eigenvalue weighted by Crippen LogP contribution is -2.31. The smallest absolute Gasteiger partial charge is 0.283 e. The maximum atomic E-state index is 14.5. The Morgan fingerprint density at radius 2 is 2.13 bits per heavy atom. The lowest BCUT2D eigenvalue weighted by atomic mass is 9.81. The number of amidine groups is 1. The highest BCUT2D eigenvalue weighted by Crippen LogP contribution is 2.52. The van der Waals surface area contributed by atoms with Gasteiger partial charge in [0, 0.05) is 21.7 Å². The molecule has 1 atom stereocenters. The molecule has 2 aliphatic heterocycles. The number of methoxy groups -OCH3 is 1. The van der Waals surface area contributed by atoms with Crippen LogP contribution in [0.2, 0.25) is 0 Å². The zero-order chi connectivity index (χ0) is 16.2. The van der Waals surface area contributed by atoms with Gasteiger partial charge in [0.1, 0.15) is 18.1 Å². The van der Waals surface area contributed by atoms with E-state index in [4.69, 9.17) is 19.9 Å². The second-order valence-corrected chi connectivity index (χ2v) is 6.24. The van der Waals surface area contributed by atoms with E-state index in [0.29, 0.717) is 17.1 Å². The summed E-state index contributed by atoms with van der Waals surface area (Å²) in [6, 6.07) is 8.50. The Hall–Kier alpha value is -2.28. The molecule has 0 amide bonds. The number of hydrogen-bond acceptors (Lipinski definition) is 5. The highest BCUT2D eigenvalue weighted by atomic mass is 79.9. The summed E-state index contributed by atoms with van der Waals surface area (Å²) < 4.78 is 31.7. The molecule has 1 spiro atoms. The van der Waals surface area contributed by atoms with Crippen LogP contribution in [0.15, 0.2) is 39.8 Å². The average Bonchev–Trinajstić information content (AvgIpc) is 2.92. The molecule has 0 aliphatic carbocycles. The van der Waals surface area contributed by atoms with Crippen molar-refractivity contribution in [2.24, 2.45) is 10.7 Å². The van der Waals surface area contributed by atoms with Crippen molar-refractivity contribution in [2.45, 2.75) is 5.54 Å². The number of ether oxygens (including phenoxy) is 3. The van der Waals surface area contributed by atoms with Gasteiger partial charge in [-0.2, -0.15) is 0 Å². The van der Waals surface area contributed by atoms with Gasteiger partial charge in [-0.15, -0.1) is 0 Å². The molecule has 0 radical (unpaired) electrons. The number of halogens is 2. The summed E-state index contributed by atoms with van der Waals surface area (Å²) in [6.07, 6.45) is 0. The minimum Gasteiger partial charge on any atom is -0.497 e. The molecule has 118 valence electrons. The molecule has 0 fully saturated rings. The third-order valence-electron chi connectivity index (χ3n) is 4.03. The van der Waals surface area contributed by atoms with Gasteiger partial charge in [-0.1, -0.05) is 15.9 Å². The molecule has 0 unspecified atom stereocenters. The van der Waals surface area contributed by atoms with Crippen LogP contribution < -0.4 is 15.2 Å². The van der Waals surface area contributed by atoms with Crippen molar-refractivity contribution >= 4 is 22.0 Å². The summed E-state index contributed by atoms with van der Waals surface area (Å²) in [7, 11) is 1.48.